The third-order valence-electron chi connectivity index (χ3n) is 4.10. The Morgan fingerprint density at radius 3 is 2.65 bits per heavy atom. The van der Waals surface area contributed by atoms with E-state index in [1.54, 1.807) is 25.1 Å². The Kier molecular flexibility index (Phi) is 4.85. The van der Waals surface area contributed by atoms with Crippen molar-refractivity contribution in [1.82, 2.24) is 15.2 Å². The van der Waals surface area contributed by atoms with Gasteiger partial charge < -0.3 is 15.2 Å². The van der Waals surface area contributed by atoms with Gasteiger partial charge in [0, 0.05) is 6.20 Å². The van der Waals surface area contributed by atoms with E-state index in [0.29, 0.717) is 11.4 Å². The summed E-state index contributed by atoms with van der Waals surface area (Å²) in [6.07, 6.45) is 0.439. The van der Waals surface area contributed by atoms with Crippen molar-refractivity contribution in [2.45, 2.75) is 18.6 Å². The van der Waals surface area contributed by atoms with E-state index in [0.717, 1.165) is 4.90 Å². The first-order chi connectivity index (χ1) is 12.4. The van der Waals surface area contributed by atoms with Crippen LogP contribution in [-0.4, -0.2) is 46.2 Å². The number of carbonyl (C=O) groups excluding carboxylic acids is 2. The number of benzene rings is 1. The maximum absolute atomic E-state index is 12.9. The van der Waals surface area contributed by atoms with Crippen LogP contribution in [0.4, 0.5) is 9.18 Å². The van der Waals surface area contributed by atoms with Crippen molar-refractivity contribution in [2.75, 3.05) is 13.2 Å². The van der Waals surface area contributed by atoms with Gasteiger partial charge in [-0.15, -0.1) is 0 Å². The highest BCUT2D eigenvalue weighted by Gasteiger charge is 2.50. The Bertz CT molecular complexity index is 800. The quantitative estimate of drug-likeness (QED) is 0.762. The lowest BCUT2D eigenvalue weighted by Gasteiger charge is -2.22. The molecule has 1 fully saturated rings. The number of amides is 3. The number of pyridine rings is 1. The van der Waals surface area contributed by atoms with E-state index in [1.807, 2.05) is 0 Å². The molecule has 2 heterocycles. The van der Waals surface area contributed by atoms with Crippen molar-refractivity contribution < 1.29 is 23.8 Å². The second-order valence-electron chi connectivity index (χ2n) is 6.10. The predicted molar refractivity (Wildman–Crippen MR) is 89.7 cm³/mol. The van der Waals surface area contributed by atoms with Crippen LogP contribution in [0.1, 0.15) is 12.6 Å². The molecule has 2 atom stereocenters. The molecule has 2 N–H and O–H groups in total. The number of nitrogens with zero attached hydrogens (tertiary/aromatic N) is 2. The van der Waals surface area contributed by atoms with Crippen LogP contribution in [-0.2, 0) is 10.3 Å². The van der Waals surface area contributed by atoms with E-state index in [4.69, 9.17) is 4.74 Å². The fourth-order valence-electron chi connectivity index (χ4n) is 2.68. The number of rotatable bonds is 6. The third-order valence-corrected chi connectivity index (χ3v) is 4.10. The van der Waals surface area contributed by atoms with Crippen LogP contribution in [0.5, 0.6) is 5.75 Å². The number of ether oxygens (including phenoxy) is 1. The van der Waals surface area contributed by atoms with Crippen LogP contribution >= 0.6 is 0 Å². The van der Waals surface area contributed by atoms with Crippen molar-refractivity contribution in [3.05, 3.63) is 60.2 Å². The lowest BCUT2D eigenvalue weighted by molar-refractivity contribution is -0.132. The standard InChI is InChI=1S/C18H18FN3O4/c1-18(15-4-2-3-9-20-15)16(24)22(17(25)21-18)10-13(23)11-26-14-7-5-12(19)6-8-14/h2-9,13,23H,10-11H2,1H3,(H,21,25)/t13-,18-/m0/s1. The summed E-state index contributed by atoms with van der Waals surface area (Å²) in [5.41, 5.74) is -0.867. The number of aromatic nitrogens is 1. The SMILES string of the molecule is C[C@@]1(c2ccccn2)NC(=O)N(C[C@H](O)COc2ccc(F)cc2)C1=O. The molecule has 1 saturated heterocycles. The van der Waals surface area contributed by atoms with E-state index in [1.165, 1.54) is 30.5 Å². The molecular weight excluding hydrogens is 341 g/mol. The Morgan fingerprint density at radius 2 is 2.00 bits per heavy atom. The average Bonchev–Trinajstić information content (AvgIpc) is 2.86. The summed E-state index contributed by atoms with van der Waals surface area (Å²) >= 11 is 0. The van der Waals surface area contributed by atoms with Crippen molar-refractivity contribution in [1.29, 1.82) is 0 Å². The van der Waals surface area contributed by atoms with E-state index in [9.17, 15) is 19.1 Å². The zero-order valence-electron chi connectivity index (χ0n) is 14.1. The topological polar surface area (TPSA) is 91.8 Å². The van der Waals surface area contributed by atoms with Gasteiger partial charge in [-0.25, -0.2) is 9.18 Å². The maximum atomic E-state index is 12.9. The number of aliphatic hydroxyl groups excluding tert-OH is 1. The maximum Gasteiger partial charge on any atom is 0.325 e. The van der Waals surface area contributed by atoms with E-state index >= 15 is 0 Å². The molecule has 3 rings (SSSR count). The van der Waals surface area contributed by atoms with E-state index in [-0.39, 0.29) is 13.2 Å². The average molecular weight is 359 g/mol. The van der Waals surface area contributed by atoms with Gasteiger partial charge >= 0.3 is 6.03 Å². The summed E-state index contributed by atoms with van der Waals surface area (Å²) in [4.78, 5) is 30.0. The van der Waals surface area contributed by atoms with Gasteiger partial charge in [0.1, 0.15) is 24.3 Å². The van der Waals surface area contributed by atoms with Gasteiger partial charge in [0.2, 0.25) is 0 Å². The molecule has 0 radical (unpaired) electrons. The number of hydrogen-bond acceptors (Lipinski definition) is 5. The zero-order chi connectivity index (χ0) is 18.7. The highest BCUT2D eigenvalue weighted by Crippen LogP contribution is 2.27. The van der Waals surface area contributed by atoms with Gasteiger partial charge in [-0.05, 0) is 43.3 Å². The first kappa shape index (κ1) is 17.8. The summed E-state index contributed by atoms with van der Waals surface area (Å²) in [5.74, 6) is -0.519. The molecule has 2 aromatic rings. The minimum absolute atomic E-state index is 0.150. The van der Waals surface area contributed by atoms with Crippen LogP contribution in [0.2, 0.25) is 0 Å². The highest BCUT2D eigenvalue weighted by molar-refractivity contribution is 6.07. The molecule has 8 heteroatoms. The monoisotopic (exact) mass is 359 g/mol. The minimum atomic E-state index is -1.28. The molecule has 7 nitrogen and oxygen atoms in total. The van der Waals surface area contributed by atoms with Gasteiger partial charge in [0.15, 0.2) is 5.54 Å². The fourth-order valence-corrected chi connectivity index (χ4v) is 2.68. The lowest BCUT2D eigenvalue weighted by Crippen LogP contribution is -2.43. The van der Waals surface area contributed by atoms with Gasteiger partial charge in [0.05, 0.1) is 12.2 Å². The molecule has 3 amide bonds. The number of hydrogen-bond donors (Lipinski definition) is 2. The van der Waals surface area contributed by atoms with Crippen molar-refractivity contribution in [2.24, 2.45) is 0 Å². The molecule has 1 aliphatic rings. The summed E-state index contributed by atoms with van der Waals surface area (Å²) < 4.78 is 18.2. The summed E-state index contributed by atoms with van der Waals surface area (Å²) in [5, 5.41) is 12.7. The molecule has 1 aromatic carbocycles. The molecule has 1 aromatic heterocycles. The van der Waals surface area contributed by atoms with Gasteiger partial charge in [0.25, 0.3) is 5.91 Å². The summed E-state index contributed by atoms with van der Waals surface area (Å²) in [7, 11) is 0. The predicted octanol–water partition coefficient (Wildman–Crippen LogP) is 1.43. The van der Waals surface area contributed by atoms with Crippen LogP contribution < -0.4 is 10.1 Å². The molecule has 0 bridgehead atoms. The number of aliphatic hydroxyl groups is 1. The number of carbonyl (C=O) groups is 2. The first-order valence-corrected chi connectivity index (χ1v) is 8.02. The Morgan fingerprint density at radius 1 is 1.27 bits per heavy atom. The second kappa shape index (κ2) is 7.09. The van der Waals surface area contributed by atoms with E-state index < -0.39 is 29.4 Å². The Hall–Kier alpha value is -3.00. The molecule has 0 aliphatic carbocycles. The summed E-state index contributed by atoms with van der Waals surface area (Å²) in [6.45, 7) is 1.19. The van der Waals surface area contributed by atoms with Crippen molar-refractivity contribution >= 4 is 11.9 Å². The molecule has 1 aliphatic heterocycles. The number of β-amino-alcohol motifs (C(OH)–C–C–N with tert-alkyl or cyclic N) is 1. The van der Waals surface area contributed by atoms with Crippen molar-refractivity contribution in [3.8, 4) is 5.75 Å². The fraction of sp³-hybridized carbons (Fsp3) is 0.278. The zero-order valence-corrected chi connectivity index (χ0v) is 14.1. The number of nitrogens with one attached hydrogen (secondary N) is 1. The van der Waals surface area contributed by atoms with Gasteiger partial charge in [-0.2, -0.15) is 0 Å². The van der Waals surface area contributed by atoms with Gasteiger partial charge in [-0.1, -0.05) is 6.07 Å². The summed E-state index contributed by atoms with van der Waals surface area (Å²) in [6, 6.07) is 9.79. The lowest BCUT2D eigenvalue weighted by atomic mass is 9.97. The molecule has 0 spiro atoms. The number of imide groups is 1. The number of urea groups is 1. The van der Waals surface area contributed by atoms with Crippen molar-refractivity contribution in [3.63, 3.8) is 0 Å². The molecule has 136 valence electrons. The highest BCUT2D eigenvalue weighted by atomic mass is 19.1. The Labute approximate surface area is 149 Å². The first-order valence-electron chi connectivity index (χ1n) is 8.02. The Balaban J connectivity index is 1.63. The normalized spacial score (nSPS) is 20.8. The molecule has 26 heavy (non-hydrogen) atoms. The van der Waals surface area contributed by atoms with Gasteiger partial charge in [-0.3, -0.25) is 14.7 Å². The smallest absolute Gasteiger partial charge is 0.325 e. The third kappa shape index (κ3) is 3.50. The molecule has 0 saturated carbocycles. The van der Waals surface area contributed by atoms with Crippen LogP contribution in [0, 0.1) is 5.82 Å². The second-order valence-corrected chi connectivity index (χ2v) is 6.10. The van der Waals surface area contributed by atoms with Crippen LogP contribution in [0.15, 0.2) is 48.7 Å². The minimum Gasteiger partial charge on any atom is -0.491 e. The van der Waals surface area contributed by atoms with Crippen LogP contribution in [0.25, 0.3) is 0 Å². The number of halogens is 1. The largest absolute Gasteiger partial charge is 0.491 e. The van der Waals surface area contributed by atoms with E-state index in [2.05, 4.69) is 10.3 Å². The van der Waals surface area contributed by atoms with Crippen LogP contribution in [0.3, 0.4) is 0 Å². The molecular formula is C18H18FN3O4. The molecule has 0 unspecified atom stereocenters.